The van der Waals surface area contributed by atoms with Crippen molar-refractivity contribution < 1.29 is 0 Å². The molecule has 29 heavy (non-hydrogen) atoms. The molecule has 0 aromatic carbocycles. The highest BCUT2D eigenvalue weighted by Crippen LogP contribution is 2.32. The fraction of sp³-hybridized carbons (Fsp3) is 0.286. The third-order valence-corrected chi connectivity index (χ3v) is 6.27. The number of hydrogen-bond acceptors (Lipinski definition) is 7. The van der Waals surface area contributed by atoms with Crippen LogP contribution in [-0.2, 0) is 0 Å². The molecule has 0 amide bonds. The van der Waals surface area contributed by atoms with E-state index >= 15 is 0 Å². The van der Waals surface area contributed by atoms with E-state index < -0.39 is 0 Å². The molecular formula is C21H23N7S. The smallest absolute Gasteiger partial charge is 0.229 e. The van der Waals surface area contributed by atoms with Crippen molar-refractivity contribution in [2.75, 3.05) is 43.4 Å². The number of rotatable bonds is 4. The molecule has 0 atom stereocenters. The van der Waals surface area contributed by atoms with Crippen LogP contribution in [-0.4, -0.2) is 58.1 Å². The van der Waals surface area contributed by atoms with Crippen LogP contribution in [0.1, 0.15) is 5.56 Å². The maximum atomic E-state index is 4.80. The summed E-state index contributed by atoms with van der Waals surface area (Å²) in [6, 6.07) is 8.29. The highest BCUT2D eigenvalue weighted by atomic mass is 32.1. The summed E-state index contributed by atoms with van der Waals surface area (Å²) < 4.78 is 0. The zero-order valence-electron chi connectivity index (χ0n) is 16.5. The lowest BCUT2D eigenvalue weighted by Crippen LogP contribution is -2.44. The Morgan fingerprint density at radius 3 is 2.69 bits per heavy atom. The van der Waals surface area contributed by atoms with Crippen LogP contribution in [0.4, 0.5) is 17.5 Å². The van der Waals surface area contributed by atoms with E-state index in [-0.39, 0.29) is 0 Å². The molecule has 1 saturated heterocycles. The third kappa shape index (κ3) is 3.68. The molecule has 2 N–H and O–H groups in total. The average Bonchev–Trinajstić information content (AvgIpc) is 3.37. The first-order valence-electron chi connectivity index (χ1n) is 9.73. The van der Waals surface area contributed by atoms with E-state index in [0.717, 1.165) is 59.3 Å². The maximum Gasteiger partial charge on any atom is 0.229 e. The fourth-order valence-electron chi connectivity index (χ4n) is 3.55. The van der Waals surface area contributed by atoms with Gasteiger partial charge in [-0.05, 0) is 49.2 Å². The van der Waals surface area contributed by atoms with Gasteiger partial charge in [-0.25, -0.2) is 9.97 Å². The summed E-state index contributed by atoms with van der Waals surface area (Å²) in [6.07, 6.45) is 3.75. The Balaban J connectivity index is 1.40. The summed E-state index contributed by atoms with van der Waals surface area (Å²) in [6.45, 7) is 6.24. The maximum absolute atomic E-state index is 4.80. The number of pyridine rings is 1. The molecule has 8 heteroatoms. The Kier molecular flexibility index (Phi) is 4.65. The molecule has 1 aliphatic heterocycles. The highest BCUT2D eigenvalue weighted by molar-refractivity contribution is 7.13. The average molecular weight is 406 g/mol. The number of piperazine rings is 1. The lowest BCUT2D eigenvalue weighted by molar-refractivity contribution is 0.312. The number of aromatic amines is 1. The van der Waals surface area contributed by atoms with Crippen LogP contribution in [0.5, 0.6) is 0 Å². The van der Waals surface area contributed by atoms with Crippen molar-refractivity contribution in [3.8, 4) is 10.6 Å². The first kappa shape index (κ1) is 18.1. The Labute approximate surface area is 173 Å². The van der Waals surface area contributed by atoms with Gasteiger partial charge in [0.15, 0.2) is 0 Å². The monoisotopic (exact) mass is 405 g/mol. The summed E-state index contributed by atoms with van der Waals surface area (Å²) in [7, 11) is 2.16. The molecule has 5 heterocycles. The molecule has 0 aliphatic carbocycles. The Morgan fingerprint density at radius 2 is 1.97 bits per heavy atom. The van der Waals surface area contributed by atoms with Gasteiger partial charge in [0, 0.05) is 37.8 Å². The molecular weight excluding hydrogens is 382 g/mol. The van der Waals surface area contributed by atoms with Gasteiger partial charge in [0.05, 0.1) is 22.5 Å². The normalized spacial score (nSPS) is 15.2. The molecule has 4 aromatic heterocycles. The number of hydrogen-bond donors (Lipinski definition) is 2. The summed E-state index contributed by atoms with van der Waals surface area (Å²) in [5.41, 5.74) is 3.89. The van der Waals surface area contributed by atoms with Gasteiger partial charge in [0.25, 0.3) is 0 Å². The zero-order valence-corrected chi connectivity index (χ0v) is 17.3. The Morgan fingerprint density at radius 1 is 1.10 bits per heavy atom. The first-order valence-corrected chi connectivity index (χ1v) is 10.6. The van der Waals surface area contributed by atoms with Crippen molar-refractivity contribution in [2.24, 2.45) is 0 Å². The van der Waals surface area contributed by atoms with E-state index in [1.807, 2.05) is 24.5 Å². The van der Waals surface area contributed by atoms with Gasteiger partial charge >= 0.3 is 0 Å². The van der Waals surface area contributed by atoms with Crippen LogP contribution >= 0.6 is 11.3 Å². The van der Waals surface area contributed by atoms with Gasteiger partial charge in [-0.3, -0.25) is 0 Å². The highest BCUT2D eigenvalue weighted by Gasteiger charge is 2.16. The van der Waals surface area contributed by atoms with E-state index in [0.29, 0.717) is 5.95 Å². The SMILES string of the molecule is Cc1csc(-c2nc(Nc3ccc(N4CCN(C)CC4)nc3)nc3[nH]ccc23)c1. The molecule has 0 spiro atoms. The van der Waals surface area contributed by atoms with E-state index in [9.17, 15) is 0 Å². The van der Waals surface area contributed by atoms with Crippen LogP contribution in [0.3, 0.4) is 0 Å². The van der Waals surface area contributed by atoms with Crippen LogP contribution in [0.15, 0.2) is 42.0 Å². The van der Waals surface area contributed by atoms with Gasteiger partial charge in [0.2, 0.25) is 5.95 Å². The van der Waals surface area contributed by atoms with Crippen LogP contribution in [0, 0.1) is 6.92 Å². The second-order valence-electron chi connectivity index (χ2n) is 7.44. The molecule has 0 unspecified atom stereocenters. The zero-order chi connectivity index (χ0) is 19.8. The van der Waals surface area contributed by atoms with Crippen LogP contribution < -0.4 is 10.2 Å². The van der Waals surface area contributed by atoms with Crippen molar-refractivity contribution in [1.82, 2.24) is 24.8 Å². The minimum atomic E-state index is 0.565. The summed E-state index contributed by atoms with van der Waals surface area (Å²) in [5.74, 6) is 1.58. The van der Waals surface area contributed by atoms with Gasteiger partial charge in [-0.15, -0.1) is 11.3 Å². The molecule has 1 fully saturated rings. The molecule has 1 aliphatic rings. The quantitative estimate of drug-likeness (QED) is 0.537. The second-order valence-corrected chi connectivity index (χ2v) is 8.36. The van der Waals surface area contributed by atoms with Crippen molar-refractivity contribution >= 4 is 39.8 Å². The van der Waals surface area contributed by atoms with Crippen molar-refractivity contribution in [3.63, 3.8) is 0 Å². The Bertz CT molecular complexity index is 1120. The van der Waals surface area contributed by atoms with Crippen LogP contribution in [0.25, 0.3) is 21.6 Å². The predicted octanol–water partition coefficient (Wildman–Crippen LogP) is 3.89. The molecule has 4 aromatic rings. The lowest BCUT2D eigenvalue weighted by Gasteiger charge is -2.33. The molecule has 0 bridgehead atoms. The third-order valence-electron chi connectivity index (χ3n) is 5.21. The summed E-state index contributed by atoms with van der Waals surface area (Å²) in [5, 5.41) is 6.48. The van der Waals surface area contributed by atoms with Gasteiger partial charge < -0.3 is 20.1 Å². The molecule has 148 valence electrons. The molecule has 0 radical (unpaired) electrons. The van der Waals surface area contributed by atoms with Crippen molar-refractivity contribution in [1.29, 1.82) is 0 Å². The number of likely N-dealkylation sites (N-methyl/N-ethyl adjacent to an activating group) is 1. The van der Waals surface area contributed by atoms with E-state index in [2.05, 4.69) is 61.6 Å². The summed E-state index contributed by atoms with van der Waals surface area (Å²) >= 11 is 1.70. The van der Waals surface area contributed by atoms with Gasteiger partial charge in [-0.1, -0.05) is 0 Å². The molecule has 7 nitrogen and oxygen atoms in total. The van der Waals surface area contributed by atoms with Crippen molar-refractivity contribution in [3.05, 3.63) is 47.6 Å². The number of H-pyrrole nitrogens is 1. The number of anilines is 3. The first-order chi connectivity index (χ1) is 14.2. The second kappa shape index (κ2) is 7.46. The molecule has 5 rings (SSSR count). The van der Waals surface area contributed by atoms with Gasteiger partial charge in [0.1, 0.15) is 11.5 Å². The predicted molar refractivity (Wildman–Crippen MR) is 119 cm³/mol. The minimum absolute atomic E-state index is 0.565. The number of fused-ring (bicyclic) bond motifs is 1. The number of aryl methyl sites for hydroxylation is 1. The van der Waals surface area contributed by atoms with E-state index in [1.165, 1.54) is 5.56 Å². The topological polar surface area (TPSA) is 73.0 Å². The number of nitrogens with one attached hydrogen (secondary N) is 2. The number of nitrogens with zero attached hydrogens (tertiary/aromatic N) is 5. The largest absolute Gasteiger partial charge is 0.354 e. The lowest BCUT2D eigenvalue weighted by atomic mass is 10.2. The standard InChI is InChI=1S/C21H23N7S/c1-14-11-17(29-13-14)19-16-5-6-22-20(16)26-21(25-19)24-15-3-4-18(23-12-15)28-9-7-27(2)8-10-28/h3-6,11-13H,7-10H2,1-2H3,(H2,22,24,25,26). The summed E-state index contributed by atoms with van der Waals surface area (Å²) in [4.78, 5) is 23.1. The molecule has 0 saturated carbocycles. The fourth-order valence-corrected chi connectivity index (χ4v) is 4.45. The number of aromatic nitrogens is 4. The minimum Gasteiger partial charge on any atom is -0.354 e. The van der Waals surface area contributed by atoms with Crippen molar-refractivity contribution in [2.45, 2.75) is 6.92 Å². The van der Waals surface area contributed by atoms with Gasteiger partial charge in [-0.2, -0.15) is 4.98 Å². The number of thiophene rings is 1. The Hall–Kier alpha value is -2.97. The van der Waals surface area contributed by atoms with E-state index in [4.69, 9.17) is 4.98 Å². The van der Waals surface area contributed by atoms with Crippen LogP contribution in [0.2, 0.25) is 0 Å². The van der Waals surface area contributed by atoms with E-state index in [1.54, 1.807) is 11.3 Å².